The SMILES string of the molecule is Cc1ccc([C@H](N)C2CC2)c(F)c1F. The molecule has 1 aliphatic rings. The second kappa shape index (κ2) is 3.31. The molecule has 0 bridgehead atoms. The first-order valence-corrected chi connectivity index (χ1v) is 4.81. The summed E-state index contributed by atoms with van der Waals surface area (Å²) in [5.41, 5.74) is 6.46. The van der Waals surface area contributed by atoms with Crippen LogP contribution in [-0.4, -0.2) is 0 Å². The lowest BCUT2D eigenvalue weighted by Gasteiger charge is -2.12. The minimum absolute atomic E-state index is 0.315. The summed E-state index contributed by atoms with van der Waals surface area (Å²) in [7, 11) is 0. The summed E-state index contributed by atoms with van der Waals surface area (Å²) in [5, 5.41) is 0. The largest absolute Gasteiger partial charge is 0.324 e. The highest BCUT2D eigenvalue weighted by Gasteiger charge is 2.31. The molecule has 1 fully saturated rings. The summed E-state index contributed by atoms with van der Waals surface area (Å²) in [6.45, 7) is 1.55. The van der Waals surface area contributed by atoms with Crippen LogP contribution >= 0.6 is 0 Å². The Morgan fingerprint density at radius 2 is 1.93 bits per heavy atom. The lowest BCUT2D eigenvalue weighted by molar-refractivity contribution is 0.475. The van der Waals surface area contributed by atoms with Crippen LogP contribution in [0.25, 0.3) is 0 Å². The van der Waals surface area contributed by atoms with Crippen molar-refractivity contribution >= 4 is 0 Å². The van der Waals surface area contributed by atoms with Gasteiger partial charge in [-0.1, -0.05) is 12.1 Å². The minimum Gasteiger partial charge on any atom is -0.324 e. The van der Waals surface area contributed by atoms with Gasteiger partial charge in [0.2, 0.25) is 0 Å². The number of halogens is 2. The number of hydrogen-bond acceptors (Lipinski definition) is 1. The first kappa shape index (κ1) is 9.59. The molecule has 1 aromatic rings. The number of benzene rings is 1. The van der Waals surface area contributed by atoms with Gasteiger partial charge in [0, 0.05) is 11.6 Å². The Kier molecular flexibility index (Phi) is 2.27. The highest BCUT2D eigenvalue weighted by molar-refractivity contribution is 5.28. The lowest BCUT2D eigenvalue weighted by atomic mass is 10.0. The van der Waals surface area contributed by atoms with E-state index in [-0.39, 0.29) is 6.04 Å². The van der Waals surface area contributed by atoms with E-state index >= 15 is 0 Å². The smallest absolute Gasteiger partial charge is 0.163 e. The number of aryl methyl sites for hydroxylation is 1. The molecule has 0 aliphatic heterocycles. The van der Waals surface area contributed by atoms with Gasteiger partial charge in [-0.2, -0.15) is 0 Å². The van der Waals surface area contributed by atoms with Gasteiger partial charge in [-0.25, -0.2) is 8.78 Å². The van der Waals surface area contributed by atoms with Gasteiger partial charge in [-0.05, 0) is 31.2 Å². The zero-order chi connectivity index (χ0) is 10.3. The number of rotatable bonds is 2. The van der Waals surface area contributed by atoms with Gasteiger partial charge < -0.3 is 5.73 Å². The fourth-order valence-corrected chi connectivity index (χ4v) is 1.63. The molecule has 1 atom stereocenters. The van der Waals surface area contributed by atoms with Crippen LogP contribution in [0.3, 0.4) is 0 Å². The number of hydrogen-bond donors (Lipinski definition) is 1. The van der Waals surface area contributed by atoms with Crippen molar-refractivity contribution in [1.29, 1.82) is 0 Å². The van der Waals surface area contributed by atoms with Gasteiger partial charge in [0.05, 0.1) is 0 Å². The Morgan fingerprint density at radius 3 is 2.50 bits per heavy atom. The van der Waals surface area contributed by atoms with Crippen molar-refractivity contribution in [1.82, 2.24) is 0 Å². The molecule has 1 aromatic carbocycles. The molecule has 1 saturated carbocycles. The standard InChI is InChI=1S/C11H13F2N/c1-6-2-5-8(10(13)9(6)12)11(14)7-3-4-7/h2,5,7,11H,3-4,14H2,1H3/t11-/m1/s1. The summed E-state index contributed by atoms with van der Waals surface area (Å²) in [4.78, 5) is 0. The van der Waals surface area contributed by atoms with E-state index in [9.17, 15) is 8.78 Å². The molecular formula is C11H13F2N. The monoisotopic (exact) mass is 197 g/mol. The maximum atomic E-state index is 13.4. The summed E-state index contributed by atoms with van der Waals surface area (Å²) in [5.74, 6) is -1.20. The van der Waals surface area contributed by atoms with E-state index in [4.69, 9.17) is 5.73 Å². The van der Waals surface area contributed by atoms with Crippen molar-refractivity contribution in [2.24, 2.45) is 11.7 Å². The van der Waals surface area contributed by atoms with Gasteiger partial charge in [-0.15, -0.1) is 0 Å². The van der Waals surface area contributed by atoms with Crippen LogP contribution in [0.4, 0.5) is 8.78 Å². The van der Waals surface area contributed by atoms with Crippen molar-refractivity contribution < 1.29 is 8.78 Å². The third-order valence-corrected chi connectivity index (χ3v) is 2.79. The molecule has 1 aliphatic carbocycles. The molecule has 0 saturated heterocycles. The van der Waals surface area contributed by atoms with Gasteiger partial charge in [0.1, 0.15) is 0 Å². The van der Waals surface area contributed by atoms with Crippen LogP contribution < -0.4 is 5.73 Å². The van der Waals surface area contributed by atoms with Crippen LogP contribution in [0.15, 0.2) is 12.1 Å². The fourth-order valence-electron chi connectivity index (χ4n) is 1.63. The van der Waals surface area contributed by atoms with E-state index in [1.807, 2.05) is 0 Å². The molecule has 2 rings (SSSR count). The van der Waals surface area contributed by atoms with Crippen LogP contribution in [0.1, 0.15) is 30.0 Å². The number of nitrogens with two attached hydrogens (primary N) is 1. The zero-order valence-electron chi connectivity index (χ0n) is 8.06. The Labute approximate surface area is 81.9 Å². The first-order chi connectivity index (χ1) is 6.61. The molecule has 3 heteroatoms. The summed E-state index contributed by atoms with van der Waals surface area (Å²) >= 11 is 0. The van der Waals surface area contributed by atoms with Crippen molar-refractivity contribution in [3.05, 3.63) is 34.9 Å². The minimum atomic E-state index is -0.774. The van der Waals surface area contributed by atoms with E-state index in [1.54, 1.807) is 19.1 Å². The maximum absolute atomic E-state index is 13.4. The predicted octanol–water partition coefficient (Wildman–Crippen LogP) is 2.68. The Hall–Kier alpha value is -0.960. The molecule has 2 N–H and O–H groups in total. The van der Waals surface area contributed by atoms with Crippen molar-refractivity contribution in [2.45, 2.75) is 25.8 Å². The zero-order valence-corrected chi connectivity index (χ0v) is 8.06. The third kappa shape index (κ3) is 1.52. The molecule has 76 valence electrons. The average Bonchev–Trinajstić information content (AvgIpc) is 2.97. The molecule has 0 aromatic heterocycles. The molecule has 0 heterocycles. The molecule has 0 spiro atoms. The molecule has 0 unspecified atom stereocenters. The van der Waals surface area contributed by atoms with Crippen LogP contribution in [-0.2, 0) is 0 Å². The topological polar surface area (TPSA) is 26.0 Å². The van der Waals surface area contributed by atoms with Crippen molar-refractivity contribution in [3.63, 3.8) is 0 Å². The maximum Gasteiger partial charge on any atom is 0.163 e. The Morgan fingerprint density at radius 1 is 1.29 bits per heavy atom. The average molecular weight is 197 g/mol. The Bertz CT molecular complexity index is 359. The molecule has 0 radical (unpaired) electrons. The highest BCUT2D eigenvalue weighted by atomic mass is 19.2. The summed E-state index contributed by atoms with van der Waals surface area (Å²) < 4.78 is 26.7. The fraction of sp³-hybridized carbons (Fsp3) is 0.455. The van der Waals surface area contributed by atoms with Gasteiger partial charge in [0.15, 0.2) is 11.6 Å². The molecule has 1 nitrogen and oxygen atoms in total. The third-order valence-electron chi connectivity index (χ3n) is 2.79. The Balaban J connectivity index is 2.38. The second-order valence-electron chi connectivity index (χ2n) is 3.96. The second-order valence-corrected chi connectivity index (χ2v) is 3.96. The predicted molar refractivity (Wildman–Crippen MR) is 50.7 cm³/mol. The van der Waals surface area contributed by atoms with Crippen molar-refractivity contribution in [3.8, 4) is 0 Å². The normalized spacial score (nSPS) is 18.3. The molecular weight excluding hydrogens is 184 g/mol. The highest BCUT2D eigenvalue weighted by Crippen LogP contribution is 2.40. The molecule has 0 amide bonds. The van der Waals surface area contributed by atoms with Crippen LogP contribution in [0, 0.1) is 24.5 Å². The van der Waals surface area contributed by atoms with Gasteiger partial charge in [-0.3, -0.25) is 0 Å². The first-order valence-electron chi connectivity index (χ1n) is 4.81. The van der Waals surface area contributed by atoms with E-state index in [2.05, 4.69) is 0 Å². The van der Waals surface area contributed by atoms with E-state index in [0.29, 0.717) is 17.0 Å². The van der Waals surface area contributed by atoms with E-state index < -0.39 is 11.6 Å². The lowest BCUT2D eigenvalue weighted by Crippen LogP contribution is -2.15. The van der Waals surface area contributed by atoms with Crippen LogP contribution in [0.5, 0.6) is 0 Å². The van der Waals surface area contributed by atoms with Crippen molar-refractivity contribution in [2.75, 3.05) is 0 Å². The van der Waals surface area contributed by atoms with E-state index in [1.165, 1.54) is 0 Å². The van der Waals surface area contributed by atoms with Gasteiger partial charge in [0.25, 0.3) is 0 Å². The summed E-state index contributed by atoms with van der Waals surface area (Å²) in [6.07, 6.45) is 2.05. The van der Waals surface area contributed by atoms with Gasteiger partial charge >= 0.3 is 0 Å². The summed E-state index contributed by atoms with van der Waals surface area (Å²) in [6, 6.07) is 2.83. The molecule has 14 heavy (non-hydrogen) atoms. The van der Waals surface area contributed by atoms with Crippen LogP contribution in [0.2, 0.25) is 0 Å². The quantitative estimate of drug-likeness (QED) is 0.775. The van der Waals surface area contributed by atoms with E-state index in [0.717, 1.165) is 12.8 Å².